The Morgan fingerprint density at radius 2 is 1.10 bits per heavy atom. The van der Waals surface area contributed by atoms with Gasteiger partial charge in [0.2, 0.25) is 0 Å². The number of aliphatic hydroxyl groups is 4. The van der Waals surface area contributed by atoms with Crippen LogP contribution >= 0.6 is 0 Å². The Labute approximate surface area is 399 Å². The summed E-state index contributed by atoms with van der Waals surface area (Å²) in [6.45, 7) is 7.49. The zero-order valence-corrected chi connectivity index (χ0v) is 40.0. The summed E-state index contributed by atoms with van der Waals surface area (Å²) >= 11 is 0. The molecule has 2 aliphatic heterocycles. The second-order valence-electron chi connectivity index (χ2n) is 16.2. The number of carboxylic acids is 2. The molecule has 0 bridgehead atoms. The molecule has 6 rings (SSSR count). The third kappa shape index (κ3) is 13.2. The fourth-order valence-corrected chi connectivity index (χ4v) is 8.81. The molecule has 12 heteroatoms. The molecule has 12 atom stereocenters. The Morgan fingerprint density at radius 1 is 0.717 bits per heavy atom. The molecule has 2 heterocycles. The smallest absolute Gasteiger partial charge is 0.550 e. The number of fused-ring (bicyclic) bond motifs is 6. The van der Waals surface area contributed by atoms with E-state index in [1.165, 1.54) is 0 Å². The quantitative estimate of drug-likeness (QED) is 0.0833. The van der Waals surface area contributed by atoms with Gasteiger partial charge in [-0.25, -0.2) is 0 Å². The van der Waals surface area contributed by atoms with Crippen molar-refractivity contribution in [3.8, 4) is 35.2 Å². The van der Waals surface area contributed by atoms with Crippen LogP contribution in [0, 0.1) is 47.4 Å². The predicted octanol–water partition coefficient (Wildman–Crippen LogP) is -2.09. The molecule has 60 heavy (non-hydrogen) atoms. The maximum Gasteiger partial charge on any atom is 1.00 e. The standard InChI is InChI=1S/2C24H30O5.2Na/c2*1-3-4-7-15(2)19(25)13-12-17-20(26)14-21-23(17)18-10-5-8-16(24(18)29-21)9-6-11-22(27)28;;/h2*5,8,10,12-13,15,17,19-21,23,25-26H,6-7,9,11,14H2,1-2H3,(H,27,28);;/q;;2*+1/p-2/b2*13-12+;;/t2*15?,17-,19+,20+,21-,23-;;/m10../s1. The van der Waals surface area contributed by atoms with Crippen LogP contribution < -0.4 is 78.8 Å². The maximum absolute atomic E-state index is 10.7. The van der Waals surface area contributed by atoms with Crippen LogP contribution in [0.2, 0.25) is 0 Å². The summed E-state index contributed by atoms with van der Waals surface area (Å²) in [5, 5.41) is 63.3. The number of aliphatic carboxylic acids is 2. The van der Waals surface area contributed by atoms with E-state index in [-0.39, 0.29) is 120 Å². The van der Waals surface area contributed by atoms with Crippen molar-refractivity contribution in [1.29, 1.82) is 0 Å². The summed E-state index contributed by atoms with van der Waals surface area (Å²) in [7, 11) is 0. The van der Waals surface area contributed by atoms with Crippen molar-refractivity contribution in [2.45, 2.75) is 140 Å². The first-order valence-corrected chi connectivity index (χ1v) is 20.7. The zero-order valence-electron chi connectivity index (χ0n) is 36.0. The van der Waals surface area contributed by atoms with Crippen LogP contribution in [0.1, 0.15) is 113 Å². The van der Waals surface area contributed by atoms with Crippen molar-refractivity contribution in [3.63, 3.8) is 0 Å². The van der Waals surface area contributed by atoms with E-state index < -0.39 is 36.4 Å². The predicted molar refractivity (Wildman–Crippen MR) is 216 cm³/mol. The van der Waals surface area contributed by atoms with Gasteiger partial charge in [-0.15, -0.1) is 23.7 Å². The van der Waals surface area contributed by atoms with E-state index in [4.69, 9.17) is 9.47 Å². The number of benzene rings is 2. The Bertz CT molecular complexity index is 1790. The van der Waals surface area contributed by atoms with Crippen molar-refractivity contribution >= 4 is 11.9 Å². The Morgan fingerprint density at radius 3 is 1.45 bits per heavy atom. The molecule has 0 amide bonds. The van der Waals surface area contributed by atoms with Crippen LogP contribution in [0.5, 0.6) is 11.5 Å². The second-order valence-corrected chi connectivity index (χ2v) is 16.2. The SMILES string of the molecule is CC#CCC(C)[C@@H](O)/C=C/[C@H]1[C@@H]2c3cccc(CCCC(=O)[O-])c3O[C@@H]2C[C@@H]1O.CC#CCC(C)[C@H](O)/C=C/[C@@H]1[C@H]2c3cccc(CCCC(=O)[O-])c3O[C@H]2C[C@H]1O.[Na+].[Na+]. The van der Waals surface area contributed by atoms with Gasteiger partial charge in [-0.05, 0) is 75.3 Å². The number of para-hydroxylation sites is 2. The second kappa shape index (κ2) is 24.9. The molecule has 2 aliphatic carbocycles. The Hall–Kier alpha value is -2.58. The van der Waals surface area contributed by atoms with Crippen molar-refractivity contribution in [1.82, 2.24) is 0 Å². The minimum atomic E-state index is -1.04. The van der Waals surface area contributed by atoms with Crippen LogP contribution in [0.25, 0.3) is 0 Å². The van der Waals surface area contributed by atoms with Gasteiger partial charge in [-0.1, -0.05) is 74.5 Å². The minimum Gasteiger partial charge on any atom is -0.550 e. The molecular weight excluding hydrogens is 782 g/mol. The fraction of sp³-hybridized carbons (Fsp3) is 0.542. The Kier molecular flexibility index (Phi) is 21.5. The largest absolute Gasteiger partial charge is 1.00 e. The zero-order chi connectivity index (χ0) is 41.9. The topological polar surface area (TPSA) is 180 Å². The number of aryl methyl sites for hydroxylation is 2. The number of rotatable bonds is 16. The van der Waals surface area contributed by atoms with Crippen LogP contribution in [-0.2, 0) is 22.4 Å². The Balaban J connectivity index is 0.000000310. The number of carboxylic acid groups (broad SMARTS) is 2. The molecular formula is C48H58Na2O10. The van der Waals surface area contributed by atoms with Gasteiger partial charge in [0.1, 0.15) is 23.7 Å². The van der Waals surface area contributed by atoms with E-state index in [1.807, 2.05) is 62.4 Å². The summed E-state index contributed by atoms with van der Waals surface area (Å²) in [5.41, 5.74) is 4.13. The molecule has 2 aromatic rings. The molecule has 10 nitrogen and oxygen atoms in total. The molecule has 2 aromatic carbocycles. The molecule has 4 N–H and O–H groups in total. The van der Waals surface area contributed by atoms with Crippen molar-refractivity contribution in [2.75, 3.05) is 0 Å². The van der Waals surface area contributed by atoms with Gasteiger partial charge in [0, 0.05) is 72.4 Å². The molecule has 0 radical (unpaired) electrons. The summed E-state index contributed by atoms with van der Waals surface area (Å²) in [6.07, 6.45) is 9.60. The van der Waals surface area contributed by atoms with Gasteiger partial charge in [0.25, 0.3) is 0 Å². The first kappa shape index (κ1) is 51.8. The third-order valence-electron chi connectivity index (χ3n) is 12.1. The van der Waals surface area contributed by atoms with E-state index in [2.05, 4.69) is 23.7 Å². The molecule has 312 valence electrons. The molecule has 4 aliphatic rings. The number of hydrogen-bond acceptors (Lipinski definition) is 10. The summed E-state index contributed by atoms with van der Waals surface area (Å²) in [6, 6.07) is 11.9. The van der Waals surface area contributed by atoms with E-state index >= 15 is 0 Å². The number of ether oxygens (including phenoxy) is 2. The molecule has 2 unspecified atom stereocenters. The third-order valence-corrected chi connectivity index (χ3v) is 12.1. The van der Waals surface area contributed by atoms with E-state index in [0.717, 1.165) is 33.8 Å². The number of aliphatic hydroxyl groups excluding tert-OH is 4. The van der Waals surface area contributed by atoms with Crippen LogP contribution in [0.3, 0.4) is 0 Å². The van der Waals surface area contributed by atoms with E-state index in [1.54, 1.807) is 26.0 Å². The monoisotopic (exact) mass is 840 g/mol. The normalized spacial score (nSPS) is 26.0. The van der Waals surface area contributed by atoms with Gasteiger partial charge in [0.05, 0.1) is 24.4 Å². The molecule has 0 aromatic heterocycles. The average molecular weight is 841 g/mol. The molecule has 0 saturated heterocycles. The average Bonchev–Trinajstić information content (AvgIpc) is 3.91. The van der Waals surface area contributed by atoms with E-state index in [0.29, 0.717) is 51.4 Å². The first-order chi connectivity index (χ1) is 27.8. The molecule has 2 fully saturated rings. The first-order valence-electron chi connectivity index (χ1n) is 20.7. The fourth-order valence-electron chi connectivity index (χ4n) is 8.81. The van der Waals surface area contributed by atoms with Crippen molar-refractivity contribution in [2.24, 2.45) is 23.7 Å². The number of carbonyl (C=O) groups excluding carboxylic acids is 2. The summed E-state index contributed by atoms with van der Waals surface area (Å²) in [4.78, 5) is 21.4. The van der Waals surface area contributed by atoms with Gasteiger partial charge in [0.15, 0.2) is 0 Å². The summed E-state index contributed by atoms with van der Waals surface area (Å²) < 4.78 is 12.4. The van der Waals surface area contributed by atoms with Gasteiger partial charge < -0.3 is 49.7 Å². The number of carbonyl (C=O) groups is 2. The van der Waals surface area contributed by atoms with Crippen LogP contribution in [-0.4, -0.2) is 69.0 Å². The number of hydrogen-bond donors (Lipinski definition) is 4. The van der Waals surface area contributed by atoms with Gasteiger partial charge in [-0.3, -0.25) is 0 Å². The van der Waals surface area contributed by atoms with Gasteiger partial charge >= 0.3 is 59.1 Å². The molecule has 0 spiro atoms. The van der Waals surface area contributed by atoms with Crippen LogP contribution in [0.15, 0.2) is 60.7 Å². The van der Waals surface area contributed by atoms with Crippen molar-refractivity contribution in [3.05, 3.63) is 83.0 Å². The molecule has 2 saturated carbocycles. The maximum atomic E-state index is 10.7. The summed E-state index contributed by atoms with van der Waals surface area (Å²) in [5.74, 6) is 11.1. The van der Waals surface area contributed by atoms with Crippen molar-refractivity contribution < 1.29 is 109 Å². The van der Waals surface area contributed by atoms with Crippen LogP contribution in [0.4, 0.5) is 0 Å². The minimum absolute atomic E-state index is 0. The van der Waals surface area contributed by atoms with Gasteiger partial charge in [-0.2, -0.15) is 0 Å². The van der Waals surface area contributed by atoms with E-state index in [9.17, 15) is 40.2 Å².